The standard InChI is InChI=1S/C28H28ClN3O4S/c1-28(2,3)36-27(34)31-11-4-5-22-23-9-8-20(13-24(23)37-25(22)16-31)32-12-10-21(14-26(32)33)35-17-19-7-6-18(29)15-30-19/h6-10,12-15H,4-5,11,16-17H2,1-3H3. The highest BCUT2D eigenvalue weighted by Gasteiger charge is 2.26. The maximum Gasteiger partial charge on any atom is 0.410 e. The minimum absolute atomic E-state index is 0.185. The molecule has 1 aliphatic rings. The Morgan fingerprint density at radius 2 is 2.00 bits per heavy atom. The van der Waals surface area contributed by atoms with E-state index in [2.05, 4.69) is 11.1 Å². The number of amides is 1. The minimum atomic E-state index is -0.526. The maximum absolute atomic E-state index is 12.9. The lowest BCUT2D eigenvalue weighted by molar-refractivity contribution is 0.0238. The van der Waals surface area contributed by atoms with Gasteiger partial charge >= 0.3 is 6.09 Å². The number of benzene rings is 1. The molecular formula is C28H28ClN3O4S. The number of ether oxygens (including phenoxy) is 2. The van der Waals surface area contributed by atoms with E-state index in [1.807, 2.05) is 32.9 Å². The summed E-state index contributed by atoms with van der Waals surface area (Å²) in [5, 5.41) is 1.74. The third kappa shape index (κ3) is 5.81. The van der Waals surface area contributed by atoms with Crippen molar-refractivity contribution in [3.63, 3.8) is 0 Å². The SMILES string of the molecule is CC(C)(C)OC(=O)N1CCCc2c(sc3cc(-n4ccc(OCc5ccc(Cl)cn5)cc4=O)ccc23)C1. The Kier molecular flexibility index (Phi) is 6.96. The fourth-order valence-electron chi connectivity index (χ4n) is 4.34. The van der Waals surface area contributed by atoms with Crippen molar-refractivity contribution < 1.29 is 14.3 Å². The van der Waals surface area contributed by atoms with Gasteiger partial charge in [-0.05, 0) is 74.9 Å². The first-order valence-electron chi connectivity index (χ1n) is 12.1. The quantitative estimate of drug-likeness (QED) is 0.303. The Balaban J connectivity index is 1.35. The summed E-state index contributed by atoms with van der Waals surface area (Å²) in [7, 11) is 0. The molecule has 9 heteroatoms. The summed E-state index contributed by atoms with van der Waals surface area (Å²) < 4.78 is 14.0. The number of halogens is 1. The summed E-state index contributed by atoms with van der Waals surface area (Å²) in [6.07, 6.45) is 4.79. The van der Waals surface area contributed by atoms with E-state index in [1.54, 1.807) is 51.4 Å². The zero-order chi connectivity index (χ0) is 26.2. The number of carbonyl (C=O) groups excluding carboxylic acids is 1. The van der Waals surface area contributed by atoms with Crippen LogP contribution in [0.5, 0.6) is 5.75 Å². The van der Waals surface area contributed by atoms with Gasteiger partial charge in [0.1, 0.15) is 18.0 Å². The first kappa shape index (κ1) is 25.3. The Morgan fingerprint density at radius 3 is 2.73 bits per heavy atom. The Labute approximate surface area is 224 Å². The fraction of sp³-hybridized carbons (Fsp3) is 0.321. The third-order valence-corrected chi connectivity index (χ3v) is 7.45. The van der Waals surface area contributed by atoms with Gasteiger partial charge in [-0.2, -0.15) is 0 Å². The van der Waals surface area contributed by atoms with Gasteiger partial charge in [-0.1, -0.05) is 17.7 Å². The predicted molar refractivity (Wildman–Crippen MR) is 146 cm³/mol. The Morgan fingerprint density at radius 1 is 1.16 bits per heavy atom. The van der Waals surface area contributed by atoms with E-state index in [0.717, 1.165) is 28.9 Å². The van der Waals surface area contributed by atoms with Gasteiger partial charge in [-0.25, -0.2) is 4.79 Å². The molecular weight excluding hydrogens is 510 g/mol. The lowest BCUT2D eigenvalue weighted by atomic mass is 10.1. The van der Waals surface area contributed by atoms with Crippen LogP contribution in [0, 0.1) is 0 Å². The van der Waals surface area contributed by atoms with Crippen molar-refractivity contribution in [1.29, 1.82) is 0 Å². The van der Waals surface area contributed by atoms with Crippen molar-refractivity contribution in [3.05, 3.63) is 86.4 Å². The van der Waals surface area contributed by atoms with Crippen LogP contribution in [0.2, 0.25) is 5.02 Å². The van der Waals surface area contributed by atoms with Crippen LogP contribution < -0.4 is 10.3 Å². The molecule has 4 aromatic rings. The molecule has 3 aromatic heterocycles. The normalized spacial score (nSPS) is 13.8. The average Bonchev–Trinajstić information content (AvgIpc) is 3.04. The van der Waals surface area contributed by atoms with Gasteiger partial charge in [0.15, 0.2) is 0 Å². The van der Waals surface area contributed by atoms with Gasteiger partial charge in [-0.15, -0.1) is 11.3 Å². The molecule has 1 aliphatic heterocycles. The summed E-state index contributed by atoms with van der Waals surface area (Å²) >= 11 is 7.54. The van der Waals surface area contributed by atoms with Crippen molar-refractivity contribution in [1.82, 2.24) is 14.5 Å². The third-order valence-electron chi connectivity index (χ3n) is 6.05. The van der Waals surface area contributed by atoms with E-state index in [9.17, 15) is 9.59 Å². The number of aryl methyl sites for hydroxylation is 1. The average molecular weight is 538 g/mol. The molecule has 1 amide bonds. The second-order valence-electron chi connectivity index (χ2n) is 10.0. The highest BCUT2D eigenvalue weighted by molar-refractivity contribution is 7.19. The van der Waals surface area contributed by atoms with E-state index in [0.29, 0.717) is 23.9 Å². The molecule has 0 saturated heterocycles. The number of carbonyl (C=O) groups is 1. The lowest BCUT2D eigenvalue weighted by Gasteiger charge is -2.26. The molecule has 0 fully saturated rings. The van der Waals surface area contributed by atoms with E-state index in [-0.39, 0.29) is 18.3 Å². The molecule has 192 valence electrons. The number of thiophene rings is 1. The molecule has 1 aromatic carbocycles. The number of hydrogen-bond acceptors (Lipinski definition) is 6. The zero-order valence-corrected chi connectivity index (χ0v) is 22.6. The Hall–Kier alpha value is -3.36. The summed E-state index contributed by atoms with van der Waals surface area (Å²) in [6, 6.07) is 12.9. The van der Waals surface area contributed by atoms with Crippen LogP contribution in [-0.2, 0) is 24.3 Å². The van der Waals surface area contributed by atoms with Crippen molar-refractivity contribution in [2.75, 3.05) is 6.54 Å². The molecule has 5 rings (SSSR count). The summed E-state index contributed by atoms with van der Waals surface area (Å²) in [5.41, 5.74) is 2.08. The lowest BCUT2D eigenvalue weighted by Crippen LogP contribution is -2.36. The minimum Gasteiger partial charge on any atom is -0.487 e. The number of hydrogen-bond donors (Lipinski definition) is 0. The summed E-state index contributed by atoms with van der Waals surface area (Å²) in [4.78, 5) is 32.7. The molecule has 0 aliphatic carbocycles. The van der Waals surface area contributed by atoms with Crippen molar-refractivity contribution in [2.24, 2.45) is 0 Å². The molecule has 0 saturated carbocycles. The zero-order valence-electron chi connectivity index (χ0n) is 21.0. The molecule has 0 spiro atoms. The molecule has 7 nitrogen and oxygen atoms in total. The van der Waals surface area contributed by atoms with Gasteiger partial charge in [-0.3, -0.25) is 14.3 Å². The monoisotopic (exact) mass is 537 g/mol. The first-order chi connectivity index (χ1) is 17.7. The van der Waals surface area contributed by atoms with Crippen LogP contribution >= 0.6 is 22.9 Å². The molecule has 0 bridgehead atoms. The molecule has 4 heterocycles. The van der Waals surface area contributed by atoms with Crippen LogP contribution in [0.25, 0.3) is 15.8 Å². The van der Waals surface area contributed by atoms with Crippen LogP contribution in [0.1, 0.15) is 43.3 Å². The van der Waals surface area contributed by atoms with Crippen LogP contribution in [0.4, 0.5) is 4.79 Å². The van der Waals surface area contributed by atoms with Crippen LogP contribution in [0.3, 0.4) is 0 Å². The first-order valence-corrected chi connectivity index (χ1v) is 13.3. The highest BCUT2D eigenvalue weighted by atomic mass is 35.5. The predicted octanol–water partition coefficient (Wildman–Crippen LogP) is 6.36. The van der Waals surface area contributed by atoms with E-state index in [1.165, 1.54) is 21.9 Å². The number of nitrogens with zero attached hydrogens (tertiary/aromatic N) is 3. The Bertz CT molecular complexity index is 1500. The molecule has 0 unspecified atom stereocenters. The van der Waals surface area contributed by atoms with Crippen molar-refractivity contribution >= 4 is 39.1 Å². The van der Waals surface area contributed by atoms with Gasteiger partial charge in [0.2, 0.25) is 0 Å². The van der Waals surface area contributed by atoms with E-state index >= 15 is 0 Å². The van der Waals surface area contributed by atoms with Crippen molar-refractivity contribution in [2.45, 2.75) is 52.4 Å². The second kappa shape index (κ2) is 10.2. The molecule has 0 atom stereocenters. The van der Waals surface area contributed by atoms with Gasteiger partial charge in [0, 0.05) is 34.6 Å². The largest absolute Gasteiger partial charge is 0.487 e. The summed E-state index contributed by atoms with van der Waals surface area (Å²) in [5.74, 6) is 0.476. The second-order valence-corrected chi connectivity index (χ2v) is 11.6. The van der Waals surface area contributed by atoms with Gasteiger partial charge < -0.3 is 14.4 Å². The fourth-order valence-corrected chi connectivity index (χ4v) is 5.75. The molecule has 0 N–H and O–H groups in total. The van der Waals surface area contributed by atoms with E-state index < -0.39 is 5.60 Å². The number of rotatable bonds is 4. The number of fused-ring (bicyclic) bond motifs is 3. The number of pyridine rings is 2. The maximum atomic E-state index is 12.9. The topological polar surface area (TPSA) is 73.7 Å². The summed E-state index contributed by atoms with van der Waals surface area (Å²) in [6.45, 7) is 7.10. The molecule has 37 heavy (non-hydrogen) atoms. The van der Waals surface area contributed by atoms with Crippen LogP contribution in [0.15, 0.2) is 59.7 Å². The van der Waals surface area contributed by atoms with Gasteiger partial charge in [0.05, 0.1) is 22.9 Å². The molecule has 0 radical (unpaired) electrons. The van der Waals surface area contributed by atoms with Crippen LogP contribution in [-0.4, -0.2) is 32.7 Å². The van der Waals surface area contributed by atoms with E-state index in [4.69, 9.17) is 21.1 Å². The number of aromatic nitrogens is 2. The van der Waals surface area contributed by atoms with Gasteiger partial charge in [0.25, 0.3) is 5.56 Å². The smallest absolute Gasteiger partial charge is 0.410 e. The van der Waals surface area contributed by atoms with Crippen molar-refractivity contribution in [3.8, 4) is 11.4 Å². The highest BCUT2D eigenvalue weighted by Crippen LogP contribution is 2.36.